The van der Waals surface area contributed by atoms with Gasteiger partial charge >= 0.3 is 0 Å². The third-order valence-corrected chi connectivity index (χ3v) is 2.89. The molecule has 1 heterocycles. The maximum Gasteiger partial charge on any atom is 0.170 e. The Hall–Kier alpha value is -1.83. The van der Waals surface area contributed by atoms with Crippen molar-refractivity contribution in [3.63, 3.8) is 0 Å². The molecule has 0 aromatic rings. The highest BCUT2D eigenvalue weighted by molar-refractivity contribution is 5.95. The molecule has 2 aliphatic rings. The van der Waals surface area contributed by atoms with Crippen LogP contribution < -0.4 is 0 Å². The molecule has 1 aliphatic carbocycles. The lowest BCUT2D eigenvalue weighted by Crippen LogP contribution is -2.32. The van der Waals surface area contributed by atoms with Crippen molar-refractivity contribution in [3.05, 3.63) is 59.9 Å². The highest BCUT2D eigenvalue weighted by atomic mass is 16.5. The summed E-state index contributed by atoms with van der Waals surface area (Å²) in [4.78, 5) is 12.0. The molecule has 2 atom stereocenters. The van der Waals surface area contributed by atoms with E-state index < -0.39 is 0 Å². The fraction of sp³-hybridized carbons (Fsp3) is 0.267. The molecule has 1 aliphatic heterocycles. The van der Waals surface area contributed by atoms with Gasteiger partial charge in [-0.3, -0.25) is 4.79 Å². The summed E-state index contributed by atoms with van der Waals surface area (Å²) in [5.41, 5.74) is 0.947. The van der Waals surface area contributed by atoms with E-state index >= 15 is 0 Å². The number of carbonyl (C=O) groups is 1. The van der Waals surface area contributed by atoms with E-state index in [-0.39, 0.29) is 17.8 Å². The standard InChI is InChI=1S/C15H16O2/c1-3-7-11(4-2)15-10-13(16)12-8-5-6-9-14(12)17-15/h3-10,12,14H,1-2H3/b7-3-,11-4+. The SMILES string of the molecule is C/C=C\C(=C/C)C1=CC(=O)C2C=CC=CC2O1. The normalized spacial score (nSPS) is 28.0. The van der Waals surface area contributed by atoms with Crippen molar-refractivity contribution in [2.75, 3.05) is 0 Å². The van der Waals surface area contributed by atoms with Crippen LogP contribution in [0.4, 0.5) is 0 Å². The second-order valence-corrected chi connectivity index (χ2v) is 4.03. The Balaban J connectivity index is 2.30. The first-order valence-corrected chi connectivity index (χ1v) is 5.83. The van der Waals surface area contributed by atoms with E-state index in [2.05, 4.69) is 0 Å². The molecule has 2 nitrogen and oxygen atoms in total. The second kappa shape index (κ2) is 5.00. The number of hydrogen-bond donors (Lipinski definition) is 0. The van der Waals surface area contributed by atoms with Gasteiger partial charge in [-0.1, -0.05) is 36.5 Å². The molecule has 88 valence electrons. The van der Waals surface area contributed by atoms with Crippen LogP contribution >= 0.6 is 0 Å². The smallest absolute Gasteiger partial charge is 0.170 e. The molecular weight excluding hydrogens is 212 g/mol. The van der Waals surface area contributed by atoms with Crippen LogP contribution in [0.3, 0.4) is 0 Å². The summed E-state index contributed by atoms with van der Waals surface area (Å²) >= 11 is 0. The number of fused-ring (bicyclic) bond motifs is 1. The zero-order chi connectivity index (χ0) is 12.3. The Morgan fingerprint density at radius 1 is 1.29 bits per heavy atom. The van der Waals surface area contributed by atoms with Crippen LogP contribution in [0.1, 0.15) is 13.8 Å². The van der Waals surface area contributed by atoms with Crippen LogP contribution in [0.15, 0.2) is 59.9 Å². The molecule has 0 saturated heterocycles. The van der Waals surface area contributed by atoms with E-state index in [1.807, 2.05) is 56.4 Å². The lowest BCUT2D eigenvalue weighted by molar-refractivity contribution is -0.121. The molecule has 0 amide bonds. The minimum Gasteiger partial charge on any atom is -0.485 e. The van der Waals surface area contributed by atoms with Gasteiger partial charge < -0.3 is 4.74 Å². The predicted molar refractivity (Wildman–Crippen MR) is 68.3 cm³/mol. The van der Waals surface area contributed by atoms with Gasteiger partial charge in [0.2, 0.25) is 0 Å². The minimum absolute atomic E-state index is 0.112. The van der Waals surface area contributed by atoms with Crippen molar-refractivity contribution >= 4 is 5.78 Å². The van der Waals surface area contributed by atoms with Crippen LogP contribution in [0.2, 0.25) is 0 Å². The number of ether oxygens (including phenoxy) is 1. The Kier molecular flexibility index (Phi) is 3.43. The van der Waals surface area contributed by atoms with Crippen molar-refractivity contribution in [1.82, 2.24) is 0 Å². The van der Waals surface area contributed by atoms with Crippen molar-refractivity contribution in [2.24, 2.45) is 5.92 Å². The van der Waals surface area contributed by atoms with E-state index in [1.54, 1.807) is 6.08 Å². The van der Waals surface area contributed by atoms with E-state index in [4.69, 9.17) is 4.74 Å². The fourth-order valence-corrected chi connectivity index (χ4v) is 2.01. The summed E-state index contributed by atoms with van der Waals surface area (Å²) in [5, 5.41) is 0. The summed E-state index contributed by atoms with van der Waals surface area (Å²) in [5.74, 6) is 0.616. The topological polar surface area (TPSA) is 26.3 Å². The number of hydrogen-bond acceptors (Lipinski definition) is 2. The van der Waals surface area contributed by atoms with Gasteiger partial charge in [-0.25, -0.2) is 0 Å². The Morgan fingerprint density at radius 3 is 2.76 bits per heavy atom. The molecule has 0 N–H and O–H groups in total. The highest BCUT2D eigenvalue weighted by Gasteiger charge is 2.31. The van der Waals surface area contributed by atoms with Gasteiger partial charge in [0.15, 0.2) is 5.78 Å². The predicted octanol–water partition coefficient (Wildman–Crippen LogP) is 3.10. The van der Waals surface area contributed by atoms with Gasteiger partial charge in [-0.2, -0.15) is 0 Å². The van der Waals surface area contributed by atoms with Crippen LogP contribution in [0.5, 0.6) is 0 Å². The van der Waals surface area contributed by atoms with Crippen LogP contribution in [-0.2, 0) is 9.53 Å². The summed E-state index contributed by atoms with van der Waals surface area (Å²) in [7, 11) is 0. The Morgan fingerprint density at radius 2 is 2.06 bits per heavy atom. The highest BCUT2D eigenvalue weighted by Crippen LogP contribution is 2.28. The average molecular weight is 228 g/mol. The van der Waals surface area contributed by atoms with Gasteiger partial charge in [0, 0.05) is 11.6 Å². The molecular formula is C15H16O2. The zero-order valence-corrected chi connectivity index (χ0v) is 10.1. The third kappa shape index (κ3) is 2.31. The van der Waals surface area contributed by atoms with E-state index in [0.29, 0.717) is 5.76 Å². The second-order valence-electron chi connectivity index (χ2n) is 4.03. The third-order valence-electron chi connectivity index (χ3n) is 2.89. The Bertz CT molecular complexity index is 461. The fourth-order valence-electron chi connectivity index (χ4n) is 2.01. The molecule has 2 rings (SSSR count). The molecule has 0 fully saturated rings. The molecule has 0 spiro atoms. The summed E-state index contributed by atoms with van der Waals surface area (Å²) in [6, 6.07) is 0. The quantitative estimate of drug-likeness (QED) is 0.679. The van der Waals surface area contributed by atoms with Gasteiger partial charge in [0.25, 0.3) is 0 Å². The maximum atomic E-state index is 12.0. The molecule has 0 aromatic carbocycles. The van der Waals surface area contributed by atoms with E-state index in [9.17, 15) is 4.79 Å². The van der Waals surface area contributed by atoms with Crippen molar-refractivity contribution in [1.29, 1.82) is 0 Å². The lowest BCUT2D eigenvalue weighted by atomic mass is 9.90. The van der Waals surface area contributed by atoms with Gasteiger partial charge in [0.05, 0.1) is 5.92 Å². The molecule has 0 bridgehead atoms. The summed E-state index contributed by atoms with van der Waals surface area (Å²) < 4.78 is 5.85. The van der Waals surface area contributed by atoms with Crippen LogP contribution in [0.25, 0.3) is 0 Å². The first-order chi connectivity index (χ1) is 8.26. The number of carbonyl (C=O) groups excluding carboxylic acids is 1. The van der Waals surface area contributed by atoms with Crippen molar-refractivity contribution in [2.45, 2.75) is 20.0 Å². The number of rotatable bonds is 2. The number of allylic oxidation sites excluding steroid dienone is 6. The summed E-state index contributed by atoms with van der Waals surface area (Å²) in [6.45, 7) is 3.88. The van der Waals surface area contributed by atoms with Crippen LogP contribution in [0, 0.1) is 5.92 Å². The first-order valence-electron chi connectivity index (χ1n) is 5.83. The monoisotopic (exact) mass is 228 g/mol. The molecule has 0 aromatic heterocycles. The molecule has 0 radical (unpaired) electrons. The summed E-state index contributed by atoms with van der Waals surface area (Å²) in [6.07, 6.45) is 14.9. The molecule has 0 saturated carbocycles. The first kappa shape index (κ1) is 11.6. The Labute approximate surface area is 102 Å². The average Bonchev–Trinajstić information content (AvgIpc) is 2.36. The zero-order valence-electron chi connectivity index (χ0n) is 10.1. The van der Waals surface area contributed by atoms with Crippen molar-refractivity contribution in [3.8, 4) is 0 Å². The van der Waals surface area contributed by atoms with Crippen LogP contribution in [-0.4, -0.2) is 11.9 Å². The van der Waals surface area contributed by atoms with Crippen molar-refractivity contribution < 1.29 is 9.53 Å². The molecule has 17 heavy (non-hydrogen) atoms. The molecule has 2 unspecified atom stereocenters. The molecule has 2 heteroatoms. The largest absolute Gasteiger partial charge is 0.485 e. The lowest BCUT2D eigenvalue weighted by Gasteiger charge is -2.29. The number of ketones is 1. The van der Waals surface area contributed by atoms with E-state index in [0.717, 1.165) is 5.57 Å². The minimum atomic E-state index is -0.160. The van der Waals surface area contributed by atoms with Gasteiger partial charge in [-0.05, 0) is 19.9 Å². The maximum absolute atomic E-state index is 12.0. The van der Waals surface area contributed by atoms with Gasteiger partial charge in [0.1, 0.15) is 11.9 Å². The van der Waals surface area contributed by atoms with E-state index in [1.165, 1.54) is 0 Å². The van der Waals surface area contributed by atoms with Gasteiger partial charge in [-0.15, -0.1) is 0 Å².